The largest absolute Gasteiger partial charge is 0.443 e. The number of carbonyl (C=O) groups is 1. The lowest BCUT2D eigenvalue weighted by molar-refractivity contribution is 0.143. The van der Waals surface area contributed by atoms with Crippen LogP contribution in [0.5, 0.6) is 0 Å². The smallest absolute Gasteiger partial charge is 0.414 e. The number of cyclic esters (lactones) is 1. The number of rotatable bonds is 5. The predicted molar refractivity (Wildman–Crippen MR) is 100 cm³/mol. The summed E-state index contributed by atoms with van der Waals surface area (Å²) in [6.07, 6.45) is 5.47. The number of sulfonamides is 1. The fraction of sp³-hybridized carbons (Fsp3) is 0.611. The molecule has 0 aromatic heterocycles. The fourth-order valence-electron chi connectivity index (χ4n) is 4.47. The molecule has 2 bridgehead atoms. The predicted octanol–water partition coefficient (Wildman–Crippen LogP) is 2.22. The van der Waals surface area contributed by atoms with Gasteiger partial charge in [-0.15, -0.1) is 0 Å². The van der Waals surface area contributed by atoms with E-state index >= 15 is 0 Å². The Labute approximate surface area is 158 Å². The number of hydrogen-bond acceptors (Lipinski definition) is 5. The summed E-state index contributed by atoms with van der Waals surface area (Å²) in [5, 5.41) is 0. The Kier molecular flexibility index (Phi) is 4.75. The van der Waals surface area contributed by atoms with E-state index in [4.69, 9.17) is 4.74 Å². The molecule has 3 atom stereocenters. The SMILES string of the molecule is CS(=O)(=O)NC[C@H]1CN(c2ccc(N3C4CCCC3CC4)c(F)c2)C(=O)O1. The molecule has 3 fully saturated rings. The number of anilines is 2. The molecule has 7 nitrogen and oxygen atoms in total. The molecule has 3 saturated heterocycles. The van der Waals surface area contributed by atoms with Crippen molar-refractivity contribution in [3.8, 4) is 0 Å². The third kappa shape index (κ3) is 3.75. The number of amides is 1. The van der Waals surface area contributed by atoms with Gasteiger partial charge in [0.2, 0.25) is 10.0 Å². The number of benzene rings is 1. The van der Waals surface area contributed by atoms with E-state index in [0.717, 1.165) is 31.9 Å². The number of carbonyl (C=O) groups excluding carboxylic acids is 1. The number of nitrogens with zero attached hydrogens (tertiary/aromatic N) is 2. The first-order valence-corrected chi connectivity index (χ1v) is 11.2. The average Bonchev–Trinajstić information content (AvgIpc) is 3.08. The summed E-state index contributed by atoms with van der Waals surface area (Å²) in [6.45, 7) is 0.174. The van der Waals surface area contributed by atoms with Crippen LogP contribution in [0.4, 0.5) is 20.6 Å². The number of ether oxygens (including phenoxy) is 1. The van der Waals surface area contributed by atoms with Gasteiger partial charge in [-0.25, -0.2) is 22.3 Å². The van der Waals surface area contributed by atoms with Crippen LogP contribution in [0.15, 0.2) is 18.2 Å². The molecule has 0 spiro atoms. The molecule has 1 aromatic carbocycles. The van der Waals surface area contributed by atoms with Crippen molar-refractivity contribution in [1.29, 1.82) is 0 Å². The summed E-state index contributed by atoms with van der Waals surface area (Å²) in [5.74, 6) is -0.336. The van der Waals surface area contributed by atoms with Crippen LogP contribution in [-0.2, 0) is 14.8 Å². The van der Waals surface area contributed by atoms with Gasteiger partial charge in [0.05, 0.1) is 24.2 Å². The molecule has 27 heavy (non-hydrogen) atoms. The van der Waals surface area contributed by atoms with Gasteiger partial charge < -0.3 is 9.64 Å². The molecule has 1 N–H and O–H groups in total. The van der Waals surface area contributed by atoms with Crippen LogP contribution in [-0.4, -0.2) is 52.0 Å². The van der Waals surface area contributed by atoms with Gasteiger partial charge in [0.1, 0.15) is 11.9 Å². The summed E-state index contributed by atoms with van der Waals surface area (Å²) in [7, 11) is -3.37. The van der Waals surface area contributed by atoms with Gasteiger partial charge in [0.25, 0.3) is 0 Å². The monoisotopic (exact) mass is 397 g/mol. The molecule has 3 aliphatic heterocycles. The highest BCUT2D eigenvalue weighted by atomic mass is 32.2. The second-order valence-corrected chi connectivity index (χ2v) is 9.43. The summed E-state index contributed by atoms with van der Waals surface area (Å²) >= 11 is 0. The number of hydrogen-bond donors (Lipinski definition) is 1. The van der Waals surface area contributed by atoms with Crippen molar-refractivity contribution in [2.75, 3.05) is 29.1 Å². The Bertz CT molecular complexity index is 831. The van der Waals surface area contributed by atoms with Crippen LogP contribution >= 0.6 is 0 Å². The second kappa shape index (κ2) is 6.94. The Morgan fingerprint density at radius 3 is 2.56 bits per heavy atom. The second-order valence-electron chi connectivity index (χ2n) is 7.60. The number of halogens is 1. The van der Waals surface area contributed by atoms with Crippen LogP contribution < -0.4 is 14.5 Å². The minimum atomic E-state index is -3.37. The zero-order valence-corrected chi connectivity index (χ0v) is 16.0. The molecule has 4 rings (SSSR count). The van der Waals surface area contributed by atoms with Crippen molar-refractivity contribution < 1.29 is 22.3 Å². The minimum Gasteiger partial charge on any atom is -0.443 e. The lowest BCUT2D eigenvalue weighted by Gasteiger charge is -2.37. The van der Waals surface area contributed by atoms with E-state index in [1.807, 2.05) is 0 Å². The minimum absolute atomic E-state index is 0.00121. The van der Waals surface area contributed by atoms with Crippen molar-refractivity contribution in [1.82, 2.24) is 4.72 Å². The van der Waals surface area contributed by atoms with E-state index < -0.39 is 22.2 Å². The molecule has 0 saturated carbocycles. The zero-order valence-electron chi connectivity index (χ0n) is 15.2. The Morgan fingerprint density at radius 2 is 1.93 bits per heavy atom. The van der Waals surface area contributed by atoms with Gasteiger partial charge in [0.15, 0.2) is 0 Å². The molecule has 2 unspecified atom stereocenters. The first-order valence-electron chi connectivity index (χ1n) is 9.32. The van der Waals surface area contributed by atoms with Gasteiger partial charge in [-0.1, -0.05) is 0 Å². The van der Waals surface area contributed by atoms with Crippen LogP contribution in [0.25, 0.3) is 0 Å². The highest BCUT2D eigenvalue weighted by Gasteiger charge is 2.38. The molecular weight excluding hydrogens is 373 g/mol. The lowest BCUT2D eigenvalue weighted by atomic mass is 10.0. The van der Waals surface area contributed by atoms with E-state index in [9.17, 15) is 17.6 Å². The third-order valence-electron chi connectivity index (χ3n) is 5.66. The topological polar surface area (TPSA) is 79.0 Å². The van der Waals surface area contributed by atoms with Gasteiger partial charge >= 0.3 is 6.09 Å². The molecule has 3 aliphatic rings. The molecule has 0 radical (unpaired) electrons. The molecular formula is C18H24FN3O4S. The standard InChI is InChI=1S/C18H24FN3O4S/c1-27(24,25)20-10-15-11-21(18(23)26-15)14-7-8-17(16(19)9-14)22-12-3-2-4-13(22)6-5-12/h7-9,12-13,15,20H,2-6,10-11H2,1H3/t12?,13?,15-/m0/s1. The Hall–Kier alpha value is -1.87. The first-order chi connectivity index (χ1) is 12.8. The molecule has 3 heterocycles. The summed E-state index contributed by atoms with van der Waals surface area (Å²) in [4.78, 5) is 15.7. The maximum atomic E-state index is 14.9. The van der Waals surface area contributed by atoms with Crippen molar-refractivity contribution in [2.45, 2.75) is 50.3 Å². The normalized spacial score (nSPS) is 27.9. The van der Waals surface area contributed by atoms with Crippen molar-refractivity contribution in [2.24, 2.45) is 0 Å². The van der Waals surface area contributed by atoms with E-state index in [1.165, 1.54) is 17.4 Å². The van der Waals surface area contributed by atoms with E-state index in [0.29, 0.717) is 23.5 Å². The van der Waals surface area contributed by atoms with Crippen LogP contribution in [0.1, 0.15) is 32.1 Å². The summed E-state index contributed by atoms with van der Waals surface area (Å²) < 4.78 is 44.8. The van der Waals surface area contributed by atoms with Gasteiger partial charge in [-0.05, 0) is 50.3 Å². The van der Waals surface area contributed by atoms with Crippen molar-refractivity contribution in [3.05, 3.63) is 24.0 Å². The van der Waals surface area contributed by atoms with E-state index in [2.05, 4.69) is 9.62 Å². The highest BCUT2D eigenvalue weighted by Crippen LogP contribution is 2.41. The maximum Gasteiger partial charge on any atom is 0.414 e. The van der Waals surface area contributed by atoms with E-state index in [1.54, 1.807) is 12.1 Å². The molecule has 1 amide bonds. The number of nitrogens with one attached hydrogen (secondary N) is 1. The van der Waals surface area contributed by atoms with E-state index in [-0.39, 0.29) is 18.9 Å². The van der Waals surface area contributed by atoms with Crippen LogP contribution in [0.3, 0.4) is 0 Å². The van der Waals surface area contributed by atoms with Gasteiger partial charge in [-0.2, -0.15) is 0 Å². The molecule has 9 heteroatoms. The van der Waals surface area contributed by atoms with Crippen molar-refractivity contribution >= 4 is 27.5 Å². The molecule has 0 aliphatic carbocycles. The number of piperidine rings is 1. The quantitative estimate of drug-likeness (QED) is 0.824. The van der Waals surface area contributed by atoms with Gasteiger partial charge in [-0.3, -0.25) is 4.90 Å². The molecule has 148 valence electrons. The molecule has 1 aromatic rings. The zero-order chi connectivity index (χ0) is 19.2. The summed E-state index contributed by atoms with van der Waals surface area (Å²) in [6, 6.07) is 5.67. The third-order valence-corrected chi connectivity index (χ3v) is 6.35. The summed E-state index contributed by atoms with van der Waals surface area (Å²) in [5.41, 5.74) is 1.03. The Balaban J connectivity index is 1.49. The highest BCUT2D eigenvalue weighted by molar-refractivity contribution is 7.88. The Morgan fingerprint density at radius 1 is 1.22 bits per heavy atom. The van der Waals surface area contributed by atoms with Gasteiger partial charge in [0, 0.05) is 18.6 Å². The van der Waals surface area contributed by atoms with Crippen LogP contribution in [0, 0.1) is 5.82 Å². The number of fused-ring (bicyclic) bond motifs is 2. The van der Waals surface area contributed by atoms with Crippen molar-refractivity contribution in [3.63, 3.8) is 0 Å². The lowest BCUT2D eigenvalue weighted by Crippen LogP contribution is -2.40. The van der Waals surface area contributed by atoms with Crippen LogP contribution in [0.2, 0.25) is 0 Å². The maximum absolute atomic E-state index is 14.9. The first kappa shape index (κ1) is 18.5. The fourth-order valence-corrected chi connectivity index (χ4v) is 4.96. The average molecular weight is 397 g/mol.